The monoisotopic (exact) mass is 284 g/mol. The highest BCUT2D eigenvalue weighted by Crippen LogP contribution is 2.07. The topological polar surface area (TPSA) is 102 Å². The number of hydrogen-bond donors (Lipinski definition) is 3. The molecule has 1 atom stereocenters. The molecule has 1 unspecified atom stereocenters. The first-order valence-corrected chi connectivity index (χ1v) is 8.82. The highest BCUT2D eigenvalue weighted by molar-refractivity contribution is 6.76. The highest BCUT2D eigenvalue weighted by Gasteiger charge is 2.15. The first-order chi connectivity index (χ1) is 7.22. The number of hydrogen-bond acceptors (Lipinski definition) is 4. The van der Waals surface area contributed by atoms with Gasteiger partial charge < -0.3 is 20.9 Å². The summed E-state index contributed by atoms with van der Waals surface area (Å²) in [4.78, 5) is 21.4. The van der Waals surface area contributed by atoms with Gasteiger partial charge in [0.25, 0.3) is 0 Å². The number of nitrogens with two attached hydrogens (primary N) is 1. The van der Waals surface area contributed by atoms with Crippen LogP contribution in [0, 0.1) is 0 Å². The first kappa shape index (κ1) is 18.6. The maximum Gasteiger partial charge on any atom is 0.407 e. The lowest BCUT2D eigenvalue weighted by molar-refractivity contribution is -0.138. The van der Waals surface area contributed by atoms with Crippen LogP contribution < -0.4 is 11.1 Å². The van der Waals surface area contributed by atoms with Gasteiger partial charge in [-0.05, 0) is 6.04 Å². The minimum atomic E-state index is -1.21. The van der Waals surface area contributed by atoms with Crippen LogP contribution in [-0.2, 0) is 9.53 Å². The molecule has 0 radical (unpaired) electrons. The van der Waals surface area contributed by atoms with E-state index in [1.54, 1.807) is 0 Å². The smallest absolute Gasteiger partial charge is 0.407 e. The van der Waals surface area contributed by atoms with Gasteiger partial charge in [0.05, 0.1) is 6.61 Å². The number of carboxylic acid groups (broad SMARTS) is 1. The zero-order valence-electron chi connectivity index (χ0n) is 10.4. The minimum Gasteiger partial charge on any atom is -0.480 e. The van der Waals surface area contributed by atoms with Gasteiger partial charge in [0.1, 0.15) is 6.04 Å². The number of halogens is 1. The molecule has 0 saturated heterocycles. The summed E-state index contributed by atoms with van der Waals surface area (Å²) in [6, 6.07) is -0.213. The van der Waals surface area contributed by atoms with Gasteiger partial charge in [0, 0.05) is 14.6 Å². The van der Waals surface area contributed by atoms with Crippen LogP contribution in [0.25, 0.3) is 0 Å². The quantitative estimate of drug-likeness (QED) is 0.629. The van der Waals surface area contributed by atoms with E-state index in [0.29, 0.717) is 6.61 Å². The number of aliphatic carboxylic acids is 1. The van der Waals surface area contributed by atoms with Crippen LogP contribution >= 0.6 is 12.4 Å². The summed E-state index contributed by atoms with van der Waals surface area (Å²) in [7, 11) is -1.21. The van der Waals surface area contributed by atoms with Crippen LogP contribution in [0.5, 0.6) is 0 Å². The normalized spacial score (nSPS) is 12.2. The molecular formula is C9H21ClN2O4Si. The summed E-state index contributed by atoms with van der Waals surface area (Å²) >= 11 is 0. The molecule has 8 heteroatoms. The van der Waals surface area contributed by atoms with Gasteiger partial charge in [-0.2, -0.15) is 0 Å². The van der Waals surface area contributed by atoms with E-state index in [1.807, 2.05) is 0 Å². The number of carbonyl (C=O) groups is 2. The van der Waals surface area contributed by atoms with E-state index in [1.165, 1.54) is 0 Å². The van der Waals surface area contributed by atoms with E-state index in [9.17, 15) is 9.59 Å². The third-order valence-corrected chi connectivity index (χ3v) is 3.57. The van der Waals surface area contributed by atoms with Crippen molar-refractivity contribution >= 4 is 32.5 Å². The Labute approximate surface area is 108 Å². The molecule has 1 amide bonds. The van der Waals surface area contributed by atoms with Gasteiger partial charge in [-0.25, -0.2) is 4.79 Å². The van der Waals surface area contributed by atoms with Crippen molar-refractivity contribution in [1.82, 2.24) is 5.32 Å². The fourth-order valence-corrected chi connectivity index (χ4v) is 1.50. The van der Waals surface area contributed by atoms with E-state index in [4.69, 9.17) is 15.6 Å². The summed E-state index contributed by atoms with van der Waals surface area (Å²) in [5.74, 6) is -1.15. The molecule has 0 aromatic rings. The van der Waals surface area contributed by atoms with Crippen LogP contribution in [0.4, 0.5) is 4.79 Å². The summed E-state index contributed by atoms with van der Waals surface area (Å²) in [5.41, 5.74) is 5.20. The van der Waals surface area contributed by atoms with Crippen LogP contribution in [-0.4, -0.2) is 44.4 Å². The molecule has 0 fully saturated rings. The summed E-state index contributed by atoms with van der Waals surface area (Å²) < 4.78 is 4.88. The molecular weight excluding hydrogens is 264 g/mol. The number of nitrogens with one attached hydrogen (secondary N) is 1. The Hall–Kier alpha value is -0.793. The lowest BCUT2D eigenvalue weighted by Crippen LogP contribution is -2.42. The molecule has 17 heavy (non-hydrogen) atoms. The second kappa shape index (κ2) is 8.32. The largest absolute Gasteiger partial charge is 0.480 e. The molecule has 0 spiro atoms. The molecule has 6 nitrogen and oxygen atoms in total. The summed E-state index contributed by atoms with van der Waals surface area (Å²) in [5, 5.41) is 10.8. The van der Waals surface area contributed by atoms with Gasteiger partial charge in [0.15, 0.2) is 0 Å². The highest BCUT2D eigenvalue weighted by atomic mass is 35.5. The number of rotatable bonds is 6. The van der Waals surface area contributed by atoms with Crippen molar-refractivity contribution in [3.8, 4) is 0 Å². The van der Waals surface area contributed by atoms with Crippen molar-refractivity contribution in [1.29, 1.82) is 0 Å². The Morgan fingerprint density at radius 1 is 1.41 bits per heavy atom. The molecule has 0 bridgehead atoms. The second-order valence-corrected chi connectivity index (χ2v) is 10.4. The van der Waals surface area contributed by atoms with Gasteiger partial charge in [0.2, 0.25) is 0 Å². The molecule has 0 aliphatic carbocycles. The summed E-state index contributed by atoms with van der Waals surface area (Å²) in [6.07, 6.45) is -0.616. The lowest BCUT2D eigenvalue weighted by atomic mass is 10.3. The number of carboxylic acids is 1. The Balaban J connectivity index is 0. The van der Waals surface area contributed by atoms with E-state index >= 15 is 0 Å². The second-order valence-electron chi connectivity index (χ2n) is 4.77. The Morgan fingerprint density at radius 2 is 1.94 bits per heavy atom. The van der Waals surface area contributed by atoms with E-state index in [0.717, 1.165) is 6.04 Å². The maximum absolute atomic E-state index is 11.1. The van der Waals surface area contributed by atoms with Crippen molar-refractivity contribution in [3.05, 3.63) is 0 Å². The van der Waals surface area contributed by atoms with E-state index < -0.39 is 26.2 Å². The molecule has 0 rings (SSSR count). The summed E-state index contributed by atoms with van der Waals surface area (Å²) in [6.45, 7) is 6.77. The molecule has 0 aromatic carbocycles. The van der Waals surface area contributed by atoms with Crippen molar-refractivity contribution in [2.75, 3.05) is 13.2 Å². The minimum absolute atomic E-state index is 0. The van der Waals surface area contributed by atoms with Crippen molar-refractivity contribution in [3.63, 3.8) is 0 Å². The number of alkyl carbamates (subject to hydrolysis) is 1. The number of amides is 1. The first-order valence-electron chi connectivity index (χ1n) is 5.11. The van der Waals surface area contributed by atoms with Crippen molar-refractivity contribution in [2.45, 2.75) is 31.7 Å². The van der Waals surface area contributed by atoms with Crippen LogP contribution in [0.3, 0.4) is 0 Å². The molecule has 0 aliphatic rings. The lowest BCUT2D eigenvalue weighted by Gasteiger charge is -2.15. The molecule has 4 N–H and O–H groups in total. The Morgan fingerprint density at radius 3 is 2.35 bits per heavy atom. The maximum atomic E-state index is 11.1. The zero-order valence-corrected chi connectivity index (χ0v) is 12.2. The Kier molecular flexibility index (Phi) is 9.09. The van der Waals surface area contributed by atoms with Gasteiger partial charge in [-0.3, -0.25) is 4.79 Å². The van der Waals surface area contributed by atoms with E-state index in [2.05, 4.69) is 25.0 Å². The number of ether oxygens (including phenoxy) is 1. The molecule has 0 heterocycles. The molecule has 0 aliphatic heterocycles. The number of carbonyl (C=O) groups excluding carboxylic acids is 1. The van der Waals surface area contributed by atoms with Gasteiger partial charge >= 0.3 is 12.1 Å². The van der Waals surface area contributed by atoms with Crippen LogP contribution in [0.15, 0.2) is 0 Å². The standard InChI is InChI=1S/C9H20N2O4Si.ClH/c1-16(2,3)5-4-15-9(14)11-6-7(10)8(12)13;/h7H,4-6,10H2,1-3H3,(H,11,14)(H,12,13);1H. The average Bonchev–Trinajstić information content (AvgIpc) is 2.11. The van der Waals surface area contributed by atoms with Gasteiger partial charge in [-0.15, -0.1) is 12.4 Å². The van der Waals surface area contributed by atoms with Crippen molar-refractivity contribution < 1.29 is 19.4 Å². The van der Waals surface area contributed by atoms with Crippen LogP contribution in [0.1, 0.15) is 0 Å². The SMILES string of the molecule is C[Si](C)(C)CCOC(=O)NCC(N)C(=O)O.Cl. The molecule has 102 valence electrons. The van der Waals surface area contributed by atoms with Crippen LogP contribution in [0.2, 0.25) is 25.7 Å². The third kappa shape index (κ3) is 11.5. The predicted molar refractivity (Wildman–Crippen MR) is 70.4 cm³/mol. The Bertz CT molecular complexity index is 258. The fraction of sp³-hybridized carbons (Fsp3) is 0.778. The van der Waals surface area contributed by atoms with E-state index in [-0.39, 0.29) is 19.0 Å². The molecule has 0 saturated carbocycles. The van der Waals surface area contributed by atoms with Gasteiger partial charge in [-0.1, -0.05) is 19.6 Å². The molecule has 0 aromatic heterocycles. The fourth-order valence-electron chi connectivity index (χ4n) is 0.782. The predicted octanol–water partition coefficient (Wildman–Crippen LogP) is 0.885. The zero-order chi connectivity index (χ0) is 12.8. The average molecular weight is 285 g/mol. The third-order valence-electron chi connectivity index (χ3n) is 1.87. The van der Waals surface area contributed by atoms with Crippen molar-refractivity contribution in [2.24, 2.45) is 5.73 Å².